The Labute approximate surface area is 92.3 Å². The fraction of sp³-hybridized carbons (Fsp3) is 0.538. The minimum Gasteiger partial charge on any atom is -0.123 e. The number of benzene rings is 1. The second kappa shape index (κ2) is 4.84. The van der Waals surface area contributed by atoms with Crippen LogP contribution in [0.2, 0.25) is 0 Å². The maximum atomic E-state index is 5.99. The highest BCUT2D eigenvalue weighted by molar-refractivity contribution is 6.20. The average molecular weight is 211 g/mol. The minimum absolute atomic E-state index is 0.256. The van der Waals surface area contributed by atoms with E-state index in [1.165, 1.54) is 16.7 Å². The Morgan fingerprint density at radius 1 is 1.14 bits per heavy atom. The number of hydrogen-bond acceptors (Lipinski definition) is 0. The van der Waals surface area contributed by atoms with Gasteiger partial charge in [0.25, 0.3) is 0 Å². The zero-order chi connectivity index (χ0) is 10.7. The molecular weight excluding hydrogens is 192 g/mol. The molecule has 78 valence electrons. The van der Waals surface area contributed by atoms with E-state index in [1.54, 1.807) is 0 Å². The molecule has 2 atom stereocenters. The van der Waals surface area contributed by atoms with E-state index in [-0.39, 0.29) is 5.38 Å². The van der Waals surface area contributed by atoms with Crippen LogP contribution in [0.3, 0.4) is 0 Å². The van der Waals surface area contributed by atoms with Gasteiger partial charge in [0.05, 0.1) is 0 Å². The molecule has 1 heteroatoms. The Balaban J connectivity index is 2.80. The summed E-state index contributed by atoms with van der Waals surface area (Å²) in [5.41, 5.74) is 4.14. The topological polar surface area (TPSA) is 0 Å². The van der Waals surface area contributed by atoms with E-state index in [2.05, 4.69) is 45.9 Å². The monoisotopic (exact) mass is 210 g/mol. The highest BCUT2D eigenvalue weighted by Crippen LogP contribution is 2.24. The van der Waals surface area contributed by atoms with Crippen LogP contribution in [0.4, 0.5) is 0 Å². The van der Waals surface area contributed by atoms with Gasteiger partial charge >= 0.3 is 0 Å². The molecule has 14 heavy (non-hydrogen) atoms. The second-order valence-corrected chi connectivity index (χ2v) is 5.01. The van der Waals surface area contributed by atoms with Gasteiger partial charge in [0.15, 0.2) is 0 Å². The summed E-state index contributed by atoms with van der Waals surface area (Å²) in [6.07, 6.45) is 1.05. The van der Waals surface area contributed by atoms with Gasteiger partial charge in [0, 0.05) is 5.38 Å². The maximum Gasteiger partial charge on any atom is 0.0313 e. The molecule has 0 saturated heterocycles. The van der Waals surface area contributed by atoms with Crippen molar-refractivity contribution in [1.29, 1.82) is 0 Å². The van der Waals surface area contributed by atoms with Gasteiger partial charge in [-0.15, -0.1) is 11.6 Å². The van der Waals surface area contributed by atoms with E-state index in [0.29, 0.717) is 5.92 Å². The van der Waals surface area contributed by atoms with Crippen molar-refractivity contribution in [2.24, 2.45) is 0 Å². The van der Waals surface area contributed by atoms with E-state index >= 15 is 0 Å². The van der Waals surface area contributed by atoms with Crippen molar-refractivity contribution in [2.75, 3.05) is 0 Å². The summed E-state index contributed by atoms with van der Waals surface area (Å²) >= 11 is 5.99. The number of hydrogen-bond donors (Lipinski definition) is 0. The highest BCUT2D eigenvalue weighted by atomic mass is 35.5. The van der Waals surface area contributed by atoms with Crippen LogP contribution in [0, 0.1) is 13.8 Å². The third-order valence-electron chi connectivity index (χ3n) is 2.78. The van der Waals surface area contributed by atoms with Crippen molar-refractivity contribution in [3.63, 3.8) is 0 Å². The largest absolute Gasteiger partial charge is 0.123 e. The van der Waals surface area contributed by atoms with Gasteiger partial charge < -0.3 is 0 Å². The molecule has 0 aliphatic heterocycles. The van der Waals surface area contributed by atoms with Crippen LogP contribution in [0.5, 0.6) is 0 Å². The van der Waals surface area contributed by atoms with Crippen molar-refractivity contribution in [1.82, 2.24) is 0 Å². The van der Waals surface area contributed by atoms with Crippen molar-refractivity contribution >= 4 is 11.6 Å². The smallest absolute Gasteiger partial charge is 0.0313 e. The first-order valence-corrected chi connectivity index (χ1v) is 5.65. The van der Waals surface area contributed by atoms with Gasteiger partial charge in [0.1, 0.15) is 0 Å². The van der Waals surface area contributed by atoms with Gasteiger partial charge in [-0.1, -0.05) is 25.1 Å². The summed E-state index contributed by atoms with van der Waals surface area (Å²) in [5, 5.41) is 0.256. The van der Waals surface area contributed by atoms with Crippen LogP contribution in [0.25, 0.3) is 0 Å². The number of aryl methyl sites for hydroxylation is 2. The van der Waals surface area contributed by atoms with Gasteiger partial charge in [-0.3, -0.25) is 0 Å². The quantitative estimate of drug-likeness (QED) is 0.648. The Morgan fingerprint density at radius 3 is 2.29 bits per heavy atom. The maximum absolute atomic E-state index is 5.99. The van der Waals surface area contributed by atoms with E-state index in [1.807, 2.05) is 0 Å². The van der Waals surface area contributed by atoms with Gasteiger partial charge in [-0.2, -0.15) is 0 Å². The van der Waals surface area contributed by atoms with Crippen LogP contribution >= 0.6 is 11.6 Å². The van der Waals surface area contributed by atoms with Crippen LogP contribution in [-0.4, -0.2) is 5.38 Å². The highest BCUT2D eigenvalue weighted by Gasteiger charge is 2.09. The molecule has 0 fully saturated rings. The zero-order valence-electron chi connectivity index (χ0n) is 9.47. The molecule has 1 aromatic rings. The van der Waals surface area contributed by atoms with Crippen molar-refractivity contribution in [2.45, 2.75) is 45.4 Å². The zero-order valence-corrected chi connectivity index (χ0v) is 10.2. The molecule has 0 amide bonds. The summed E-state index contributed by atoms with van der Waals surface area (Å²) in [5.74, 6) is 0.557. The average Bonchev–Trinajstić information content (AvgIpc) is 2.08. The Hall–Kier alpha value is -0.490. The normalized spacial score (nSPS) is 15.2. The molecule has 0 N–H and O–H groups in total. The molecule has 1 rings (SSSR count). The van der Waals surface area contributed by atoms with E-state index in [4.69, 9.17) is 11.6 Å². The summed E-state index contributed by atoms with van der Waals surface area (Å²) < 4.78 is 0. The lowest BCUT2D eigenvalue weighted by atomic mass is 9.94. The molecular formula is C13H19Cl. The van der Waals surface area contributed by atoms with Gasteiger partial charge in [-0.05, 0) is 49.8 Å². The summed E-state index contributed by atoms with van der Waals surface area (Å²) in [6, 6.07) is 6.69. The third kappa shape index (κ3) is 3.02. The number of halogens is 1. The van der Waals surface area contributed by atoms with Gasteiger partial charge in [-0.25, -0.2) is 0 Å². The van der Waals surface area contributed by atoms with E-state index in [0.717, 1.165) is 6.42 Å². The lowest BCUT2D eigenvalue weighted by molar-refractivity contribution is 0.670. The van der Waals surface area contributed by atoms with Crippen molar-refractivity contribution in [3.8, 4) is 0 Å². The fourth-order valence-electron chi connectivity index (χ4n) is 1.69. The summed E-state index contributed by atoms with van der Waals surface area (Å²) in [7, 11) is 0. The SMILES string of the molecule is Cc1ccc(C(C)CC(C)Cl)cc1C. The van der Waals surface area contributed by atoms with Crippen LogP contribution in [-0.2, 0) is 0 Å². The van der Waals surface area contributed by atoms with Gasteiger partial charge in [0.2, 0.25) is 0 Å². The molecule has 1 aromatic carbocycles. The molecule has 0 heterocycles. The van der Waals surface area contributed by atoms with E-state index in [9.17, 15) is 0 Å². The first-order valence-electron chi connectivity index (χ1n) is 5.22. The fourth-order valence-corrected chi connectivity index (χ4v) is 1.96. The second-order valence-electron chi connectivity index (χ2n) is 4.26. The molecule has 0 radical (unpaired) electrons. The first kappa shape index (κ1) is 11.6. The number of rotatable bonds is 3. The molecule has 0 aromatic heterocycles. The molecule has 0 aliphatic rings. The number of alkyl halides is 1. The summed E-state index contributed by atoms with van der Waals surface area (Å²) in [6.45, 7) is 8.60. The first-order chi connectivity index (χ1) is 6.50. The lowest BCUT2D eigenvalue weighted by Gasteiger charge is -2.14. The van der Waals surface area contributed by atoms with Crippen LogP contribution < -0.4 is 0 Å². The molecule has 0 spiro atoms. The third-order valence-corrected chi connectivity index (χ3v) is 2.96. The van der Waals surface area contributed by atoms with Crippen LogP contribution in [0.15, 0.2) is 18.2 Å². The van der Waals surface area contributed by atoms with Crippen molar-refractivity contribution < 1.29 is 0 Å². The predicted octanol–water partition coefficient (Wildman–Crippen LogP) is 4.42. The predicted molar refractivity (Wildman–Crippen MR) is 64.3 cm³/mol. The Bertz CT molecular complexity index is 302. The Kier molecular flexibility index (Phi) is 4.00. The standard InChI is InChI=1S/C13H19Cl/c1-9-5-6-13(8-10(9)2)11(3)7-12(4)14/h5-6,8,11-12H,7H2,1-4H3. The van der Waals surface area contributed by atoms with E-state index < -0.39 is 0 Å². The molecule has 0 saturated carbocycles. The lowest BCUT2D eigenvalue weighted by Crippen LogP contribution is -2.01. The Morgan fingerprint density at radius 2 is 1.79 bits per heavy atom. The summed E-state index contributed by atoms with van der Waals surface area (Å²) in [4.78, 5) is 0. The molecule has 0 nitrogen and oxygen atoms in total. The molecule has 0 aliphatic carbocycles. The molecule has 2 unspecified atom stereocenters. The molecule has 0 bridgehead atoms. The van der Waals surface area contributed by atoms with Crippen LogP contribution in [0.1, 0.15) is 42.9 Å². The minimum atomic E-state index is 0.256. The van der Waals surface area contributed by atoms with Crippen molar-refractivity contribution in [3.05, 3.63) is 34.9 Å².